The SMILES string of the molecule is CC1(C)CC1C(=O)NC1=NCCS1. The minimum absolute atomic E-state index is 0.151. The van der Waals surface area contributed by atoms with E-state index in [2.05, 4.69) is 24.2 Å². The van der Waals surface area contributed by atoms with Crippen molar-refractivity contribution in [1.82, 2.24) is 5.32 Å². The molecule has 0 saturated heterocycles. The van der Waals surface area contributed by atoms with Gasteiger partial charge in [0.1, 0.15) is 0 Å². The van der Waals surface area contributed by atoms with Crippen molar-refractivity contribution in [3.05, 3.63) is 0 Å². The predicted octanol–water partition coefficient (Wildman–Crippen LogP) is 1.25. The third-order valence-electron chi connectivity index (χ3n) is 2.65. The predicted molar refractivity (Wildman–Crippen MR) is 54.8 cm³/mol. The largest absolute Gasteiger partial charge is 0.305 e. The van der Waals surface area contributed by atoms with Crippen LogP contribution in [0.3, 0.4) is 0 Å². The Morgan fingerprint density at radius 1 is 1.69 bits per heavy atom. The molecule has 0 aromatic rings. The minimum atomic E-state index is 0.151. The van der Waals surface area contributed by atoms with Crippen molar-refractivity contribution in [1.29, 1.82) is 0 Å². The van der Waals surface area contributed by atoms with E-state index in [1.54, 1.807) is 11.8 Å². The van der Waals surface area contributed by atoms with Crippen molar-refractivity contribution in [3.8, 4) is 0 Å². The molecular formula is C9H14N2OS. The van der Waals surface area contributed by atoms with E-state index in [9.17, 15) is 4.79 Å². The topological polar surface area (TPSA) is 41.5 Å². The van der Waals surface area contributed by atoms with E-state index < -0.39 is 0 Å². The number of nitrogens with one attached hydrogen (secondary N) is 1. The van der Waals surface area contributed by atoms with Crippen molar-refractivity contribution in [2.45, 2.75) is 20.3 Å². The van der Waals surface area contributed by atoms with Gasteiger partial charge in [-0.15, -0.1) is 0 Å². The van der Waals surface area contributed by atoms with Gasteiger partial charge in [-0.1, -0.05) is 25.6 Å². The number of amides is 1. The first-order valence-electron chi connectivity index (χ1n) is 4.58. The molecule has 0 aromatic heterocycles. The summed E-state index contributed by atoms with van der Waals surface area (Å²) in [6.07, 6.45) is 1.01. The molecule has 3 nitrogen and oxygen atoms in total. The van der Waals surface area contributed by atoms with Crippen LogP contribution in [0, 0.1) is 11.3 Å². The van der Waals surface area contributed by atoms with Gasteiger partial charge in [-0.2, -0.15) is 0 Å². The molecule has 2 rings (SSSR count). The molecule has 1 aliphatic carbocycles. The van der Waals surface area contributed by atoms with Gasteiger partial charge in [0.05, 0.1) is 6.54 Å². The lowest BCUT2D eigenvalue weighted by atomic mass is 10.1. The summed E-state index contributed by atoms with van der Waals surface area (Å²) in [5, 5.41) is 3.68. The monoisotopic (exact) mass is 198 g/mol. The average Bonchev–Trinajstić information content (AvgIpc) is 2.49. The number of rotatable bonds is 1. The molecule has 2 aliphatic rings. The molecule has 1 N–H and O–H groups in total. The van der Waals surface area contributed by atoms with E-state index in [1.807, 2.05) is 0 Å². The Kier molecular flexibility index (Phi) is 2.10. The third kappa shape index (κ3) is 1.88. The van der Waals surface area contributed by atoms with Crippen LogP contribution in [0.2, 0.25) is 0 Å². The fraction of sp³-hybridized carbons (Fsp3) is 0.778. The van der Waals surface area contributed by atoms with Gasteiger partial charge in [0, 0.05) is 11.7 Å². The maximum absolute atomic E-state index is 11.6. The first kappa shape index (κ1) is 9.06. The second-order valence-corrected chi connectivity index (χ2v) is 5.35. The molecular weight excluding hydrogens is 184 g/mol. The summed E-state index contributed by atoms with van der Waals surface area (Å²) in [5.74, 6) is 1.36. The summed E-state index contributed by atoms with van der Waals surface area (Å²) >= 11 is 1.63. The fourth-order valence-corrected chi connectivity index (χ4v) is 2.25. The first-order valence-corrected chi connectivity index (χ1v) is 5.56. The van der Waals surface area contributed by atoms with Crippen molar-refractivity contribution >= 4 is 22.8 Å². The second-order valence-electron chi connectivity index (χ2n) is 4.27. The molecule has 1 atom stereocenters. The molecule has 0 bridgehead atoms. The Labute approximate surface area is 82.4 Å². The molecule has 0 aromatic carbocycles. The Morgan fingerprint density at radius 3 is 2.85 bits per heavy atom. The van der Waals surface area contributed by atoms with Crippen LogP contribution in [-0.2, 0) is 4.79 Å². The number of hydrogen-bond donors (Lipinski definition) is 1. The normalized spacial score (nSPS) is 29.7. The number of nitrogens with zero attached hydrogens (tertiary/aromatic N) is 1. The van der Waals surface area contributed by atoms with Gasteiger partial charge in [-0.25, -0.2) is 0 Å². The molecule has 1 saturated carbocycles. The quantitative estimate of drug-likeness (QED) is 0.689. The highest BCUT2D eigenvalue weighted by Crippen LogP contribution is 2.51. The smallest absolute Gasteiger partial charge is 0.229 e. The Balaban J connectivity index is 1.86. The van der Waals surface area contributed by atoms with Crippen LogP contribution in [0.25, 0.3) is 0 Å². The molecule has 1 fully saturated rings. The highest BCUT2D eigenvalue weighted by Gasteiger charge is 2.50. The Hall–Kier alpha value is -0.510. The molecule has 1 unspecified atom stereocenters. The maximum Gasteiger partial charge on any atom is 0.229 e. The maximum atomic E-state index is 11.6. The van der Waals surface area contributed by atoms with Gasteiger partial charge in [0.2, 0.25) is 5.91 Å². The van der Waals surface area contributed by atoms with Crippen LogP contribution < -0.4 is 5.32 Å². The van der Waals surface area contributed by atoms with Crippen LogP contribution in [-0.4, -0.2) is 23.4 Å². The van der Waals surface area contributed by atoms with Gasteiger partial charge in [-0.05, 0) is 11.8 Å². The lowest BCUT2D eigenvalue weighted by molar-refractivity contribution is -0.121. The van der Waals surface area contributed by atoms with E-state index in [4.69, 9.17) is 0 Å². The number of carbonyl (C=O) groups is 1. The highest BCUT2D eigenvalue weighted by molar-refractivity contribution is 8.14. The van der Waals surface area contributed by atoms with E-state index >= 15 is 0 Å². The van der Waals surface area contributed by atoms with E-state index in [0.29, 0.717) is 0 Å². The summed E-state index contributed by atoms with van der Waals surface area (Å²) in [7, 11) is 0. The van der Waals surface area contributed by atoms with Gasteiger partial charge in [0.25, 0.3) is 0 Å². The third-order valence-corrected chi connectivity index (χ3v) is 3.54. The average molecular weight is 198 g/mol. The molecule has 72 valence electrons. The van der Waals surface area contributed by atoms with Crippen molar-refractivity contribution in [3.63, 3.8) is 0 Å². The van der Waals surface area contributed by atoms with Crippen LogP contribution in [0.5, 0.6) is 0 Å². The standard InChI is InChI=1S/C9H14N2OS/c1-9(2)5-6(9)7(12)11-8-10-3-4-13-8/h6H,3-5H2,1-2H3,(H,10,11,12). The molecule has 4 heteroatoms. The lowest BCUT2D eigenvalue weighted by Crippen LogP contribution is -2.30. The van der Waals surface area contributed by atoms with E-state index in [1.165, 1.54) is 0 Å². The van der Waals surface area contributed by atoms with Crippen LogP contribution in [0.1, 0.15) is 20.3 Å². The fourth-order valence-electron chi connectivity index (χ4n) is 1.52. The molecule has 13 heavy (non-hydrogen) atoms. The van der Waals surface area contributed by atoms with Crippen molar-refractivity contribution in [2.24, 2.45) is 16.3 Å². The minimum Gasteiger partial charge on any atom is -0.305 e. The van der Waals surface area contributed by atoms with E-state index in [0.717, 1.165) is 23.9 Å². The number of aliphatic imine (C=N–C) groups is 1. The molecule has 1 amide bonds. The number of amidine groups is 1. The lowest BCUT2D eigenvalue weighted by Gasteiger charge is -2.04. The number of thioether (sulfide) groups is 1. The number of carbonyl (C=O) groups excluding carboxylic acids is 1. The molecule has 1 heterocycles. The summed E-state index contributed by atoms with van der Waals surface area (Å²) in [6, 6.07) is 0. The van der Waals surface area contributed by atoms with E-state index in [-0.39, 0.29) is 17.2 Å². The first-order chi connectivity index (χ1) is 6.09. The second kappa shape index (κ2) is 3.01. The number of hydrogen-bond acceptors (Lipinski definition) is 3. The van der Waals surface area contributed by atoms with Crippen LogP contribution in [0.4, 0.5) is 0 Å². The van der Waals surface area contributed by atoms with Gasteiger partial charge in [0.15, 0.2) is 5.17 Å². The van der Waals surface area contributed by atoms with Gasteiger partial charge in [-0.3, -0.25) is 9.79 Å². The van der Waals surface area contributed by atoms with Gasteiger partial charge >= 0.3 is 0 Å². The van der Waals surface area contributed by atoms with Crippen LogP contribution in [0.15, 0.2) is 4.99 Å². The zero-order valence-electron chi connectivity index (χ0n) is 7.96. The van der Waals surface area contributed by atoms with Crippen molar-refractivity contribution in [2.75, 3.05) is 12.3 Å². The highest BCUT2D eigenvalue weighted by atomic mass is 32.2. The summed E-state index contributed by atoms with van der Waals surface area (Å²) in [6.45, 7) is 5.09. The Morgan fingerprint density at radius 2 is 2.38 bits per heavy atom. The zero-order valence-corrected chi connectivity index (χ0v) is 8.78. The van der Waals surface area contributed by atoms with Crippen molar-refractivity contribution < 1.29 is 4.79 Å². The van der Waals surface area contributed by atoms with Gasteiger partial charge < -0.3 is 5.32 Å². The molecule has 1 aliphatic heterocycles. The summed E-state index contributed by atoms with van der Waals surface area (Å²) in [5.41, 5.74) is 0.216. The molecule has 0 radical (unpaired) electrons. The van der Waals surface area contributed by atoms with Crippen LogP contribution >= 0.6 is 11.8 Å². The molecule has 0 spiro atoms. The zero-order chi connectivity index (χ0) is 9.47. The summed E-state index contributed by atoms with van der Waals surface area (Å²) in [4.78, 5) is 15.8. The Bertz CT molecular complexity index is 273. The summed E-state index contributed by atoms with van der Waals surface area (Å²) < 4.78 is 0.